The van der Waals surface area contributed by atoms with Crippen molar-refractivity contribution in [1.29, 1.82) is 0 Å². The van der Waals surface area contributed by atoms with Crippen LogP contribution in [-0.2, 0) is 0 Å². The first-order valence-corrected chi connectivity index (χ1v) is 7.33. The molecule has 0 saturated carbocycles. The van der Waals surface area contributed by atoms with Crippen LogP contribution in [-0.4, -0.2) is 16.6 Å². The summed E-state index contributed by atoms with van der Waals surface area (Å²) in [7, 11) is 1.99. The highest BCUT2D eigenvalue weighted by Gasteiger charge is 2.21. The highest BCUT2D eigenvalue weighted by atomic mass is 32.1. The molecule has 0 saturated heterocycles. The molecule has 2 rings (SSSR count). The Morgan fingerprint density at radius 1 is 1.35 bits per heavy atom. The molecule has 0 radical (unpaired) electrons. The van der Waals surface area contributed by atoms with Gasteiger partial charge in [0.1, 0.15) is 0 Å². The van der Waals surface area contributed by atoms with Gasteiger partial charge in [0.25, 0.3) is 0 Å². The van der Waals surface area contributed by atoms with E-state index in [1.807, 2.05) is 7.05 Å². The van der Waals surface area contributed by atoms with E-state index in [0.29, 0.717) is 5.92 Å². The number of nitrogens with one attached hydrogen (secondary N) is 1. The lowest BCUT2D eigenvalue weighted by molar-refractivity contribution is 0.680. The predicted molar refractivity (Wildman–Crippen MR) is 74.0 cm³/mol. The van der Waals surface area contributed by atoms with Crippen LogP contribution in [0, 0.1) is 6.92 Å². The van der Waals surface area contributed by atoms with Gasteiger partial charge in [-0.25, -0.2) is 0 Å². The average molecular weight is 267 g/mol. The third-order valence-electron chi connectivity index (χ3n) is 2.72. The molecule has 2 heterocycles. The van der Waals surface area contributed by atoms with Crippen molar-refractivity contribution in [1.82, 2.24) is 14.9 Å². The fourth-order valence-corrected chi connectivity index (χ4v) is 3.55. The molecule has 1 atom stereocenters. The van der Waals surface area contributed by atoms with Crippen LogP contribution in [0.5, 0.6) is 0 Å². The maximum atomic E-state index is 4.25. The molecule has 0 spiro atoms. The zero-order chi connectivity index (χ0) is 12.4. The summed E-state index contributed by atoms with van der Waals surface area (Å²) in [5, 5.41) is 9.82. The van der Waals surface area contributed by atoms with E-state index in [1.54, 1.807) is 11.3 Å². The number of rotatable bonds is 4. The van der Waals surface area contributed by atoms with Crippen molar-refractivity contribution >= 4 is 22.9 Å². The van der Waals surface area contributed by atoms with E-state index in [4.69, 9.17) is 0 Å². The van der Waals surface area contributed by atoms with Crippen LogP contribution in [0.4, 0.5) is 0 Å². The van der Waals surface area contributed by atoms with Crippen molar-refractivity contribution in [2.45, 2.75) is 32.7 Å². The zero-order valence-corrected chi connectivity index (χ0v) is 12.2. The summed E-state index contributed by atoms with van der Waals surface area (Å²) >= 11 is 3.28. The summed E-state index contributed by atoms with van der Waals surface area (Å²) in [5.74, 6) is 0.416. The van der Waals surface area contributed by atoms with Crippen LogP contribution in [0.2, 0.25) is 0 Å². The zero-order valence-electron chi connectivity index (χ0n) is 10.5. The normalized spacial score (nSPS) is 13.2. The predicted octanol–water partition coefficient (Wildman–Crippen LogP) is 3.34. The van der Waals surface area contributed by atoms with Gasteiger partial charge in [-0.15, -0.1) is 16.4 Å². The lowest BCUT2D eigenvalue weighted by Crippen LogP contribution is -2.17. The summed E-state index contributed by atoms with van der Waals surface area (Å²) in [6, 6.07) is 2.45. The monoisotopic (exact) mass is 267 g/mol. The van der Waals surface area contributed by atoms with E-state index in [-0.39, 0.29) is 6.04 Å². The fraction of sp³-hybridized carbons (Fsp3) is 0.500. The number of hydrogen-bond acceptors (Lipinski definition) is 5. The highest BCUT2D eigenvalue weighted by Crippen LogP contribution is 2.32. The molecule has 5 heteroatoms. The molecule has 3 nitrogen and oxygen atoms in total. The summed E-state index contributed by atoms with van der Waals surface area (Å²) in [6.45, 7) is 6.45. The summed E-state index contributed by atoms with van der Waals surface area (Å²) in [6.07, 6.45) is 0. The summed E-state index contributed by atoms with van der Waals surface area (Å²) in [4.78, 5) is 2.57. The van der Waals surface area contributed by atoms with Crippen molar-refractivity contribution in [2.24, 2.45) is 0 Å². The van der Waals surface area contributed by atoms with E-state index in [2.05, 4.69) is 47.1 Å². The Balaban J connectivity index is 2.38. The standard InChI is InChI=1S/C12H17N3S2/c1-7(2)10-12(17-15-14-10)11(13-4)9-5-8(3)16-6-9/h5-7,11,13H,1-4H3. The van der Waals surface area contributed by atoms with E-state index in [0.717, 1.165) is 5.69 Å². The molecule has 0 aliphatic rings. The van der Waals surface area contributed by atoms with Crippen molar-refractivity contribution < 1.29 is 0 Å². The van der Waals surface area contributed by atoms with E-state index >= 15 is 0 Å². The van der Waals surface area contributed by atoms with Crippen molar-refractivity contribution in [3.63, 3.8) is 0 Å². The Labute approximate surface area is 110 Å². The summed E-state index contributed by atoms with van der Waals surface area (Å²) in [5.41, 5.74) is 2.42. The SMILES string of the molecule is CNC(c1csc(C)c1)c1snnc1C(C)C. The van der Waals surface area contributed by atoms with Gasteiger partial charge in [0.2, 0.25) is 0 Å². The van der Waals surface area contributed by atoms with Crippen molar-refractivity contribution in [3.8, 4) is 0 Å². The third-order valence-corrected chi connectivity index (χ3v) is 4.41. The van der Waals surface area contributed by atoms with Crippen LogP contribution in [0.1, 0.15) is 46.8 Å². The highest BCUT2D eigenvalue weighted by molar-refractivity contribution is 7.10. The second-order valence-corrected chi connectivity index (χ2v) is 6.29. The number of nitrogens with zero attached hydrogens (tertiary/aromatic N) is 2. The average Bonchev–Trinajstić information content (AvgIpc) is 2.89. The first-order chi connectivity index (χ1) is 8.13. The Morgan fingerprint density at radius 2 is 2.12 bits per heavy atom. The molecule has 1 unspecified atom stereocenters. The molecule has 0 amide bonds. The number of hydrogen-bond donors (Lipinski definition) is 1. The van der Waals surface area contributed by atoms with Crippen LogP contribution < -0.4 is 5.32 Å². The quantitative estimate of drug-likeness (QED) is 0.923. The molecule has 2 aromatic rings. The van der Waals surface area contributed by atoms with Gasteiger partial charge in [-0.2, -0.15) is 0 Å². The van der Waals surface area contributed by atoms with Gasteiger partial charge in [0, 0.05) is 4.88 Å². The number of thiophene rings is 1. The lowest BCUT2D eigenvalue weighted by atomic mass is 10.0. The van der Waals surface area contributed by atoms with Gasteiger partial charge in [-0.1, -0.05) is 18.3 Å². The van der Waals surface area contributed by atoms with Crippen LogP contribution in [0.15, 0.2) is 11.4 Å². The van der Waals surface area contributed by atoms with Gasteiger partial charge in [-0.05, 0) is 48.4 Å². The molecule has 0 aromatic carbocycles. The Kier molecular flexibility index (Phi) is 3.91. The second-order valence-electron chi connectivity index (χ2n) is 4.39. The van der Waals surface area contributed by atoms with Crippen LogP contribution in [0.25, 0.3) is 0 Å². The largest absolute Gasteiger partial charge is 0.309 e. The number of aromatic nitrogens is 2. The molecule has 0 fully saturated rings. The molecule has 2 aromatic heterocycles. The molecular weight excluding hydrogens is 250 g/mol. The van der Waals surface area contributed by atoms with Gasteiger partial charge in [-0.3, -0.25) is 0 Å². The molecule has 92 valence electrons. The maximum Gasteiger partial charge on any atom is 0.0832 e. The minimum absolute atomic E-state index is 0.220. The maximum absolute atomic E-state index is 4.25. The Bertz CT molecular complexity index is 487. The Hall–Kier alpha value is -0.780. The molecular formula is C12H17N3S2. The van der Waals surface area contributed by atoms with Crippen LogP contribution >= 0.6 is 22.9 Å². The molecule has 0 aliphatic carbocycles. The van der Waals surface area contributed by atoms with Gasteiger partial charge >= 0.3 is 0 Å². The van der Waals surface area contributed by atoms with Gasteiger partial charge in [0.05, 0.1) is 16.6 Å². The number of aryl methyl sites for hydroxylation is 1. The molecule has 1 N–H and O–H groups in total. The molecule has 0 bridgehead atoms. The van der Waals surface area contributed by atoms with E-state index < -0.39 is 0 Å². The smallest absolute Gasteiger partial charge is 0.0832 e. The van der Waals surface area contributed by atoms with Gasteiger partial charge in [0.15, 0.2) is 0 Å². The fourth-order valence-electron chi connectivity index (χ4n) is 1.87. The minimum atomic E-state index is 0.220. The molecule has 0 aliphatic heterocycles. The first kappa shape index (κ1) is 12.7. The first-order valence-electron chi connectivity index (χ1n) is 5.68. The van der Waals surface area contributed by atoms with E-state index in [1.165, 1.54) is 26.9 Å². The minimum Gasteiger partial charge on any atom is -0.309 e. The molecule has 17 heavy (non-hydrogen) atoms. The van der Waals surface area contributed by atoms with Crippen molar-refractivity contribution in [2.75, 3.05) is 7.05 Å². The Morgan fingerprint density at radius 3 is 2.65 bits per heavy atom. The topological polar surface area (TPSA) is 37.8 Å². The summed E-state index contributed by atoms with van der Waals surface area (Å²) < 4.78 is 4.10. The van der Waals surface area contributed by atoms with Crippen LogP contribution in [0.3, 0.4) is 0 Å². The van der Waals surface area contributed by atoms with Gasteiger partial charge < -0.3 is 5.32 Å². The van der Waals surface area contributed by atoms with Crippen molar-refractivity contribution in [3.05, 3.63) is 32.5 Å². The third kappa shape index (κ3) is 2.56. The second kappa shape index (κ2) is 5.25. The lowest BCUT2D eigenvalue weighted by Gasteiger charge is -2.15. The van der Waals surface area contributed by atoms with E-state index in [9.17, 15) is 0 Å².